The number of ether oxygens (including phenoxy) is 2. The van der Waals surface area contributed by atoms with Crippen molar-refractivity contribution >= 4 is 0 Å². The fourth-order valence-corrected chi connectivity index (χ4v) is 2.39. The van der Waals surface area contributed by atoms with E-state index in [1.54, 1.807) is 14.2 Å². The summed E-state index contributed by atoms with van der Waals surface area (Å²) in [5, 5.41) is 3.48. The number of methoxy groups -OCH3 is 2. The summed E-state index contributed by atoms with van der Waals surface area (Å²) in [6, 6.07) is 16.5. The molecule has 0 amide bonds. The fourth-order valence-electron chi connectivity index (χ4n) is 2.39. The average Bonchev–Trinajstić information content (AvgIpc) is 2.58. The van der Waals surface area contributed by atoms with Crippen molar-refractivity contribution in [1.29, 1.82) is 0 Å². The van der Waals surface area contributed by atoms with E-state index >= 15 is 0 Å². The van der Waals surface area contributed by atoms with E-state index in [1.807, 2.05) is 24.3 Å². The van der Waals surface area contributed by atoms with Crippen molar-refractivity contribution in [1.82, 2.24) is 5.32 Å². The Hall–Kier alpha value is -2.00. The number of hydrogen-bond acceptors (Lipinski definition) is 3. The maximum atomic E-state index is 5.23. The second-order valence-corrected chi connectivity index (χ2v) is 5.33. The molecule has 0 bridgehead atoms. The van der Waals surface area contributed by atoms with E-state index in [9.17, 15) is 0 Å². The predicted octanol–water partition coefficient (Wildman–Crippen LogP) is 3.82. The molecule has 0 aliphatic rings. The molecule has 0 aromatic heterocycles. The first kappa shape index (κ1) is 16.4. The molecule has 3 heteroatoms. The molecule has 2 aromatic carbocycles. The Morgan fingerprint density at radius 1 is 0.818 bits per heavy atom. The highest BCUT2D eigenvalue weighted by Crippen LogP contribution is 2.13. The summed E-state index contributed by atoms with van der Waals surface area (Å²) in [6.07, 6.45) is 3.48. The van der Waals surface area contributed by atoms with Crippen LogP contribution in [0.2, 0.25) is 0 Å². The predicted molar refractivity (Wildman–Crippen MR) is 90.6 cm³/mol. The lowest BCUT2D eigenvalue weighted by Gasteiger charge is -2.07. The van der Waals surface area contributed by atoms with Crippen LogP contribution in [-0.4, -0.2) is 20.8 Å². The standard InChI is InChI=1S/C19H25NO2/c1-21-18-11-9-16(10-12-18)6-3-4-13-20-15-17-7-5-8-19(14-17)22-2/h5,7-12,14,20H,3-4,6,13,15H2,1-2H3. The summed E-state index contributed by atoms with van der Waals surface area (Å²) in [5.41, 5.74) is 2.63. The van der Waals surface area contributed by atoms with Gasteiger partial charge in [-0.2, -0.15) is 0 Å². The molecular formula is C19H25NO2. The zero-order valence-electron chi connectivity index (χ0n) is 13.5. The minimum atomic E-state index is 0.889. The third-order valence-electron chi connectivity index (χ3n) is 3.69. The summed E-state index contributed by atoms with van der Waals surface area (Å²) in [5.74, 6) is 1.84. The van der Waals surface area contributed by atoms with E-state index in [-0.39, 0.29) is 0 Å². The highest BCUT2D eigenvalue weighted by molar-refractivity contribution is 5.28. The molecule has 0 heterocycles. The largest absolute Gasteiger partial charge is 0.497 e. The summed E-state index contributed by atoms with van der Waals surface area (Å²) in [7, 11) is 3.40. The van der Waals surface area contributed by atoms with Gasteiger partial charge in [-0.1, -0.05) is 24.3 Å². The Morgan fingerprint density at radius 3 is 2.32 bits per heavy atom. The van der Waals surface area contributed by atoms with Gasteiger partial charge in [0.05, 0.1) is 14.2 Å². The van der Waals surface area contributed by atoms with E-state index in [1.165, 1.54) is 24.0 Å². The second-order valence-electron chi connectivity index (χ2n) is 5.33. The van der Waals surface area contributed by atoms with Crippen molar-refractivity contribution in [2.75, 3.05) is 20.8 Å². The molecule has 0 fully saturated rings. The molecule has 0 aliphatic carbocycles. The zero-order valence-corrected chi connectivity index (χ0v) is 13.5. The van der Waals surface area contributed by atoms with Crippen LogP contribution in [0.1, 0.15) is 24.0 Å². The highest BCUT2D eigenvalue weighted by atomic mass is 16.5. The Bertz CT molecular complexity index is 552. The highest BCUT2D eigenvalue weighted by Gasteiger charge is 1.97. The minimum absolute atomic E-state index is 0.889. The molecule has 0 saturated heterocycles. The molecular weight excluding hydrogens is 274 g/mol. The molecule has 22 heavy (non-hydrogen) atoms. The normalized spacial score (nSPS) is 10.5. The maximum Gasteiger partial charge on any atom is 0.119 e. The first-order valence-electron chi connectivity index (χ1n) is 7.78. The van der Waals surface area contributed by atoms with Gasteiger partial charge in [0.1, 0.15) is 11.5 Å². The van der Waals surface area contributed by atoms with Gasteiger partial charge in [-0.25, -0.2) is 0 Å². The topological polar surface area (TPSA) is 30.5 Å². The van der Waals surface area contributed by atoms with E-state index in [2.05, 4.69) is 29.6 Å². The van der Waals surface area contributed by atoms with Crippen molar-refractivity contribution in [2.24, 2.45) is 0 Å². The molecule has 0 unspecified atom stereocenters. The van der Waals surface area contributed by atoms with Crippen LogP contribution in [-0.2, 0) is 13.0 Å². The fraction of sp³-hybridized carbons (Fsp3) is 0.368. The number of unbranched alkanes of at least 4 members (excludes halogenated alkanes) is 1. The van der Waals surface area contributed by atoms with E-state index in [0.29, 0.717) is 0 Å². The zero-order chi connectivity index (χ0) is 15.6. The quantitative estimate of drug-likeness (QED) is 0.714. The molecule has 0 aliphatic heterocycles. The molecule has 0 atom stereocenters. The Labute approximate surface area is 133 Å². The number of hydrogen-bond donors (Lipinski definition) is 1. The van der Waals surface area contributed by atoms with Crippen LogP contribution in [0.5, 0.6) is 11.5 Å². The average molecular weight is 299 g/mol. The Balaban J connectivity index is 1.60. The smallest absolute Gasteiger partial charge is 0.119 e. The van der Waals surface area contributed by atoms with Gasteiger partial charge in [0.15, 0.2) is 0 Å². The molecule has 1 N–H and O–H groups in total. The van der Waals surface area contributed by atoms with Gasteiger partial charge < -0.3 is 14.8 Å². The number of aryl methyl sites for hydroxylation is 1. The van der Waals surface area contributed by atoms with Crippen LogP contribution in [0.15, 0.2) is 48.5 Å². The van der Waals surface area contributed by atoms with Crippen LogP contribution in [0.3, 0.4) is 0 Å². The van der Waals surface area contributed by atoms with Crippen molar-refractivity contribution in [3.05, 3.63) is 59.7 Å². The first-order chi connectivity index (χ1) is 10.8. The van der Waals surface area contributed by atoms with Gasteiger partial charge in [-0.3, -0.25) is 0 Å². The van der Waals surface area contributed by atoms with E-state index in [4.69, 9.17) is 9.47 Å². The number of rotatable bonds is 9. The van der Waals surface area contributed by atoms with Crippen molar-refractivity contribution in [3.63, 3.8) is 0 Å². The second kappa shape index (κ2) is 9.11. The van der Waals surface area contributed by atoms with Gasteiger partial charge in [-0.05, 0) is 61.2 Å². The van der Waals surface area contributed by atoms with Crippen LogP contribution >= 0.6 is 0 Å². The van der Waals surface area contributed by atoms with Crippen LogP contribution in [0.4, 0.5) is 0 Å². The van der Waals surface area contributed by atoms with Gasteiger partial charge >= 0.3 is 0 Å². The summed E-state index contributed by atoms with van der Waals surface area (Å²) in [4.78, 5) is 0. The molecule has 2 aromatic rings. The lowest BCUT2D eigenvalue weighted by molar-refractivity contribution is 0.414. The summed E-state index contributed by atoms with van der Waals surface area (Å²) >= 11 is 0. The minimum Gasteiger partial charge on any atom is -0.497 e. The van der Waals surface area contributed by atoms with Crippen LogP contribution in [0, 0.1) is 0 Å². The molecule has 2 rings (SSSR count). The SMILES string of the molecule is COc1ccc(CCCCNCc2cccc(OC)c2)cc1. The maximum absolute atomic E-state index is 5.23. The Kier molecular flexibility index (Phi) is 6.78. The van der Waals surface area contributed by atoms with E-state index < -0.39 is 0 Å². The van der Waals surface area contributed by atoms with Crippen LogP contribution in [0.25, 0.3) is 0 Å². The number of benzene rings is 2. The molecule has 0 spiro atoms. The first-order valence-corrected chi connectivity index (χ1v) is 7.78. The molecule has 3 nitrogen and oxygen atoms in total. The summed E-state index contributed by atoms with van der Waals surface area (Å²) in [6.45, 7) is 1.92. The number of nitrogens with one attached hydrogen (secondary N) is 1. The lowest BCUT2D eigenvalue weighted by Crippen LogP contribution is -2.14. The van der Waals surface area contributed by atoms with E-state index in [0.717, 1.165) is 31.0 Å². The van der Waals surface area contributed by atoms with Gasteiger partial charge in [0.2, 0.25) is 0 Å². The van der Waals surface area contributed by atoms with Gasteiger partial charge in [0, 0.05) is 6.54 Å². The lowest BCUT2D eigenvalue weighted by atomic mass is 10.1. The third kappa shape index (κ3) is 5.41. The molecule has 118 valence electrons. The monoisotopic (exact) mass is 299 g/mol. The third-order valence-corrected chi connectivity index (χ3v) is 3.69. The van der Waals surface area contributed by atoms with Gasteiger partial charge in [0.25, 0.3) is 0 Å². The van der Waals surface area contributed by atoms with Crippen LogP contribution < -0.4 is 14.8 Å². The van der Waals surface area contributed by atoms with Crippen molar-refractivity contribution in [2.45, 2.75) is 25.8 Å². The molecule has 0 saturated carbocycles. The Morgan fingerprint density at radius 2 is 1.59 bits per heavy atom. The molecule has 0 radical (unpaired) electrons. The van der Waals surface area contributed by atoms with Crippen molar-refractivity contribution in [3.8, 4) is 11.5 Å². The van der Waals surface area contributed by atoms with Crippen molar-refractivity contribution < 1.29 is 9.47 Å². The summed E-state index contributed by atoms with van der Waals surface area (Å²) < 4.78 is 10.4. The van der Waals surface area contributed by atoms with Gasteiger partial charge in [-0.15, -0.1) is 0 Å².